The Balaban J connectivity index is 2.11. The Morgan fingerprint density at radius 2 is 1.48 bits per heavy atom. The molecule has 0 aliphatic carbocycles. The van der Waals surface area contributed by atoms with Crippen molar-refractivity contribution < 1.29 is 17.0 Å². The SMILES string of the molecule is CC[Si](CC)(CC)O[C@@H](CCc1ccccc1)COS(=O)(=O)c1ccc(C)cc1. The van der Waals surface area contributed by atoms with Gasteiger partial charge in [-0.15, -0.1) is 0 Å². The lowest BCUT2D eigenvalue weighted by molar-refractivity contribution is 0.114. The van der Waals surface area contributed by atoms with Crippen molar-refractivity contribution >= 4 is 18.4 Å². The molecule has 0 amide bonds. The zero-order chi connectivity index (χ0) is 21.3. The standard InChI is InChI=1S/C23H34O4SSi/c1-5-29(6-2,7-3)27-22(16-15-21-11-9-8-10-12-21)19-26-28(24,25)23-17-13-20(4)14-18-23/h8-14,17-18,22H,5-7,15-16,19H2,1-4H3/t22-/m0/s1. The molecule has 0 unspecified atom stereocenters. The fourth-order valence-corrected chi connectivity index (χ4v) is 7.27. The fraction of sp³-hybridized carbons (Fsp3) is 0.478. The highest BCUT2D eigenvalue weighted by Gasteiger charge is 2.32. The third kappa shape index (κ3) is 7.06. The monoisotopic (exact) mass is 434 g/mol. The quantitative estimate of drug-likeness (QED) is 0.316. The highest BCUT2D eigenvalue weighted by atomic mass is 32.2. The molecular formula is C23H34O4SSi. The van der Waals surface area contributed by atoms with Crippen LogP contribution in [0, 0.1) is 6.92 Å². The Bertz CT molecular complexity index is 823. The molecule has 0 fully saturated rings. The van der Waals surface area contributed by atoms with E-state index in [1.54, 1.807) is 24.3 Å². The number of rotatable bonds is 12. The molecule has 0 spiro atoms. The molecule has 1 atom stereocenters. The molecule has 0 saturated carbocycles. The maximum atomic E-state index is 12.6. The number of hydrogen-bond donors (Lipinski definition) is 0. The minimum Gasteiger partial charge on any atom is -0.412 e. The van der Waals surface area contributed by atoms with Gasteiger partial charge in [-0.25, -0.2) is 0 Å². The molecule has 0 saturated heterocycles. The zero-order valence-electron chi connectivity index (χ0n) is 18.1. The molecule has 2 aromatic carbocycles. The largest absolute Gasteiger partial charge is 0.412 e. The van der Waals surface area contributed by atoms with Crippen molar-refractivity contribution in [2.75, 3.05) is 6.61 Å². The first-order valence-corrected chi connectivity index (χ1v) is 14.5. The first-order valence-electron chi connectivity index (χ1n) is 10.5. The van der Waals surface area contributed by atoms with Gasteiger partial charge in [0, 0.05) is 0 Å². The van der Waals surface area contributed by atoms with Crippen LogP contribution in [0.25, 0.3) is 0 Å². The Morgan fingerprint density at radius 1 is 0.897 bits per heavy atom. The number of benzene rings is 2. The summed E-state index contributed by atoms with van der Waals surface area (Å²) in [7, 11) is -5.67. The molecule has 29 heavy (non-hydrogen) atoms. The third-order valence-electron chi connectivity index (χ3n) is 5.67. The smallest absolute Gasteiger partial charge is 0.297 e. The van der Waals surface area contributed by atoms with Crippen molar-refractivity contribution in [3.05, 3.63) is 65.7 Å². The topological polar surface area (TPSA) is 52.6 Å². The summed E-state index contributed by atoms with van der Waals surface area (Å²) in [5, 5.41) is 0. The molecule has 0 heterocycles. The second-order valence-electron chi connectivity index (χ2n) is 7.56. The van der Waals surface area contributed by atoms with E-state index in [4.69, 9.17) is 8.61 Å². The van der Waals surface area contributed by atoms with Crippen molar-refractivity contribution in [2.45, 2.75) is 69.7 Å². The molecular weight excluding hydrogens is 400 g/mol. The van der Waals surface area contributed by atoms with Gasteiger partial charge in [0.1, 0.15) is 0 Å². The van der Waals surface area contributed by atoms with Gasteiger partial charge in [-0.1, -0.05) is 68.8 Å². The molecule has 160 valence electrons. The second kappa shape index (κ2) is 11.1. The average molecular weight is 435 g/mol. The fourth-order valence-electron chi connectivity index (χ4n) is 3.44. The molecule has 2 rings (SSSR count). The average Bonchev–Trinajstić information content (AvgIpc) is 2.75. The first kappa shape index (κ1) is 23.8. The van der Waals surface area contributed by atoms with Crippen LogP contribution in [0.1, 0.15) is 38.3 Å². The van der Waals surface area contributed by atoms with Crippen molar-refractivity contribution in [1.29, 1.82) is 0 Å². The Hall–Kier alpha value is -1.47. The summed E-state index contributed by atoms with van der Waals surface area (Å²) in [5.41, 5.74) is 2.23. The van der Waals surface area contributed by atoms with Crippen LogP contribution in [-0.2, 0) is 25.1 Å². The molecule has 0 N–H and O–H groups in total. The third-order valence-corrected chi connectivity index (χ3v) is 11.7. The predicted octanol–water partition coefficient (Wildman–Crippen LogP) is 5.72. The van der Waals surface area contributed by atoms with Crippen LogP contribution in [0.15, 0.2) is 59.5 Å². The molecule has 4 nitrogen and oxygen atoms in total. The summed E-state index contributed by atoms with van der Waals surface area (Å²) in [4.78, 5) is 0.190. The van der Waals surface area contributed by atoms with Crippen LogP contribution < -0.4 is 0 Å². The van der Waals surface area contributed by atoms with Gasteiger partial charge in [0.15, 0.2) is 8.32 Å². The van der Waals surface area contributed by atoms with E-state index in [1.165, 1.54) is 5.56 Å². The zero-order valence-corrected chi connectivity index (χ0v) is 19.9. The normalized spacial score (nSPS) is 13.4. The van der Waals surface area contributed by atoms with Gasteiger partial charge in [0.05, 0.1) is 17.6 Å². The van der Waals surface area contributed by atoms with Crippen molar-refractivity contribution in [1.82, 2.24) is 0 Å². The summed E-state index contributed by atoms with van der Waals surface area (Å²) in [5.74, 6) is 0. The van der Waals surface area contributed by atoms with Crippen LogP contribution in [0.5, 0.6) is 0 Å². The van der Waals surface area contributed by atoms with Gasteiger partial charge in [-0.2, -0.15) is 8.42 Å². The second-order valence-corrected chi connectivity index (χ2v) is 13.9. The van der Waals surface area contributed by atoms with Crippen LogP contribution >= 0.6 is 0 Å². The molecule has 0 radical (unpaired) electrons. The lowest BCUT2D eigenvalue weighted by atomic mass is 10.1. The van der Waals surface area contributed by atoms with Crippen LogP contribution in [0.3, 0.4) is 0 Å². The minimum absolute atomic E-state index is 0.0534. The predicted molar refractivity (Wildman–Crippen MR) is 121 cm³/mol. The van der Waals surface area contributed by atoms with E-state index in [1.807, 2.05) is 25.1 Å². The van der Waals surface area contributed by atoms with E-state index in [-0.39, 0.29) is 17.6 Å². The molecule has 2 aromatic rings. The summed E-state index contributed by atoms with van der Waals surface area (Å²) < 4.78 is 37.3. The van der Waals surface area contributed by atoms with Gasteiger partial charge in [-0.3, -0.25) is 4.18 Å². The molecule has 0 bridgehead atoms. The molecule has 0 aliphatic rings. The Morgan fingerprint density at radius 3 is 2.03 bits per heavy atom. The van der Waals surface area contributed by atoms with Crippen molar-refractivity contribution in [3.8, 4) is 0 Å². The first-order chi connectivity index (χ1) is 13.8. The van der Waals surface area contributed by atoms with Gasteiger partial charge >= 0.3 is 0 Å². The van der Waals surface area contributed by atoms with E-state index in [0.717, 1.165) is 36.5 Å². The van der Waals surface area contributed by atoms with Crippen LogP contribution in [0.4, 0.5) is 0 Å². The summed E-state index contributed by atoms with van der Waals surface area (Å²) >= 11 is 0. The maximum Gasteiger partial charge on any atom is 0.297 e. The highest BCUT2D eigenvalue weighted by Crippen LogP contribution is 2.26. The molecule has 0 aromatic heterocycles. The summed E-state index contributed by atoms with van der Waals surface area (Å²) in [6.07, 6.45) is 1.34. The van der Waals surface area contributed by atoms with Crippen molar-refractivity contribution in [2.24, 2.45) is 0 Å². The Labute approximate surface area is 177 Å². The van der Waals surface area contributed by atoms with E-state index < -0.39 is 18.4 Å². The van der Waals surface area contributed by atoms with Crippen molar-refractivity contribution in [3.63, 3.8) is 0 Å². The minimum atomic E-state index is -3.80. The highest BCUT2D eigenvalue weighted by molar-refractivity contribution is 7.86. The van der Waals surface area contributed by atoms with E-state index in [2.05, 4.69) is 32.9 Å². The number of aryl methyl sites for hydroxylation is 2. The maximum absolute atomic E-state index is 12.6. The van der Waals surface area contributed by atoms with Gasteiger partial charge < -0.3 is 4.43 Å². The van der Waals surface area contributed by atoms with E-state index >= 15 is 0 Å². The molecule has 0 aliphatic heterocycles. The van der Waals surface area contributed by atoms with E-state index in [9.17, 15) is 8.42 Å². The van der Waals surface area contributed by atoms with Gasteiger partial charge in [-0.05, 0) is 55.6 Å². The van der Waals surface area contributed by atoms with Crippen LogP contribution in [0.2, 0.25) is 18.1 Å². The summed E-state index contributed by atoms with van der Waals surface area (Å²) in [6.45, 7) is 8.51. The van der Waals surface area contributed by atoms with E-state index in [0.29, 0.717) is 0 Å². The number of hydrogen-bond acceptors (Lipinski definition) is 4. The summed E-state index contributed by atoms with van der Waals surface area (Å²) in [6, 6.07) is 20.0. The van der Waals surface area contributed by atoms with Gasteiger partial charge in [0.25, 0.3) is 10.1 Å². The van der Waals surface area contributed by atoms with Gasteiger partial charge in [0.2, 0.25) is 0 Å². The Kier molecular flexibility index (Phi) is 9.08. The lowest BCUT2D eigenvalue weighted by Crippen LogP contribution is -2.42. The van der Waals surface area contributed by atoms with Crippen LogP contribution in [-0.4, -0.2) is 29.4 Å². The lowest BCUT2D eigenvalue weighted by Gasteiger charge is -2.33. The molecule has 6 heteroatoms.